The van der Waals surface area contributed by atoms with E-state index in [1.165, 1.54) is 11.8 Å². The first kappa shape index (κ1) is 20.4. The van der Waals surface area contributed by atoms with Gasteiger partial charge in [-0.25, -0.2) is 0 Å². The van der Waals surface area contributed by atoms with Crippen LogP contribution in [0.4, 0.5) is 0 Å². The Kier molecular flexibility index (Phi) is 6.35. The van der Waals surface area contributed by atoms with Crippen LogP contribution in [0.2, 0.25) is 5.02 Å². The van der Waals surface area contributed by atoms with Gasteiger partial charge in [-0.2, -0.15) is 0 Å². The average Bonchev–Trinajstić information content (AvgIpc) is 3.27. The maximum Gasteiger partial charge on any atom is 0.277 e. The number of halogens is 1. The highest BCUT2D eigenvalue weighted by molar-refractivity contribution is 7.99. The van der Waals surface area contributed by atoms with Crippen molar-refractivity contribution in [2.24, 2.45) is 0 Å². The van der Waals surface area contributed by atoms with Crippen LogP contribution < -0.4 is 0 Å². The van der Waals surface area contributed by atoms with Gasteiger partial charge in [0.15, 0.2) is 0 Å². The van der Waals surface area contributed by atoms with Crippen LogP contribution in [0.25, 0.3) is 11.5 Å². The summed E-state index contributed by atoms with van der Waals surface area (Å²) < 4.78 is 5.62. The fourth-order valence-corrected chi connectivity index (χ4v) is 3.91. The highest BCUT2D eigenvalue weighted by Crippen LogP contribution is 2.24. The third-order valence-electron chi connectivity index (χ3n) is 4.76. The molecular formula is C21H19ClN4O3S. The first-order chi connectivity index (χ1) is 14.6. The zero-order valence-corrected chi connectivity index (χ0v) is 17.6. The molecule has 2 aromatic carbocycles. The molecule has 2 heterocycles. The van der Waals surface area contributed by atoms with Crippen LogP contribution in [0, 0.1) is 0 Å². The molecule has 1 fully saturated rings. The van der Waals surface area contributed by atoms with Gasteiger partial charge in [0.05, 0.1) is 5.75 Å². The summed E-state index contributed by atoms with van der Waals surface area (Å²) >= 11 is 7.09. The Hall–Kier alpha value is -2.84. The maximum absolute atomic E-state index is 12.5. The predicted molar refractivity (Wildman–Crippen MR) is 114 cm³/mol. The number of nitrogens with zero attached hydrogens (tertiary/aromatic N) is 4. The molecule has 0 aliphatic carbocycles. The molecule has 2 amide bonds. The van der Waals surface area contributed by atoms with Crippen LogP contribution >= 0.6 is 23.4 Å². The lowest BCUT2D eigenvalue weighted by Crippen LogP contribution is -2.51. The summed E-state index contributed by atoms with van der Waals surface area (Å²) in [7, 11) is 0. The summed E-state index contributed by atoms with van der Waals surface area (Å²) in [4.78, 5) is 28.6. The van der Waals surface area contributed by atoms with Gasteiger partial charge in [0.2, 0.25) is 11.8 Å². The molecule has 4 rings (SSSR count). The van der Waals surface area contributed by atoms with E-state index in [4.69, 9.17) is 16.0 Å². The van der Waals surface area contributed by atoms with Gasteiger partial charge in [0.25, 0.3) is 11.1 Å². The van der Waals surface area contributed by atoms with Crippen molar-refractivity contribution in [3.05, 3.63) is 65.2 Å². The molecule has 9 heteroatoms. The Morgan fingerprint density at radius 1 is 0.933 bits per heavy atom. The molecule has 0 unspecified atom stereocenters. The van der Waals surface area contributed by atoms with Gasteiger partial charge in [-0.15, -0.1) is 10.2 Å². The van der Waals surface area contributed by atoms with E-state index in [0.717, 1.165) is 5.56 Å². The Bertz CT molecular complexity index is 1020. The fourth-order valence-electron chi connectivity index (χ4n) is 3.11. The number of hydrogen-bond acceptors (Lipinski definition) is 6. The van der Waals surface area contributed by atoms with Gasteiger partial charge in [0, 0.05) is 42.3 Å². The Labute approximate surface area is 183 Å². The van der Waals surface area contributed by atoms with Crippen molar-refractivity contribution in [1.29, 1.82) is 0 Å². The van der Waals surface area contributed by atoms with Crippen molar-refractivity contribution in [2.75, 3.05) is 31.9 Å². The van der Waals surface area contributed by atoms with E-state index in [-0.39, 0.29) is 17.6 Å². The molecule has 0 N–H and O–H groups in total. The summed E-state index contributed by atoms with van der Waals surface area (Å²) in [6, 6.07) is 16.3. The van der Waals surface area contributed by atoms with Crippen molar-refractivity contribution >= 4 is 35.2 Å². The van der Waals surface area contributed by atoms with Crippen LogP contribution in [-0.2, 0) is 4.79 Å². The molecule has 0 atom stereocenters. The van der Waals surface area contributed by atoms with Gasteiger partial charge < -0.3 is 14.2 Å². The molecule has 0 saturated carbocycles. The number of rotatable bonds is 5. The second-order valence-electron chi connectivity index (χ2n) is 6.71. The number of hydrogen-bond donors (Lipinski definition) is 0. The third kappa shape index (κ3) is 4.83. The van der Waals surface area contributed by atoms with Crippen LogP contribution in [-0.4, -0.2) is 63.7 Å². The molecule has 3 aromatic rings. The molecule has 1 aliphatic heterocycles. The smallest absolute Gasteiger partial charge is 0.277 e. The van der Waals surface area contributed by atoms with E-state index in [9.17, 15) is 9.59 Å². The molecule has 1 aliphatic rings. The molecule has 30 heavy (non-hydrogen) atoms. The summed E-state index contributed by atoms with van der Waals surface area (Å²) in [5, 5.41) is 8.97. The molecule has 7 nitrogen and oxygen atoms in total. The number of piperazine rings is 1. The monoisotopic (exact) mass is 442 g/mol. The molecule has 0 spiro atoms. The minimum absolute atomic E-state index is 0.00216. The van der Waals surface area contributed by atoms with E-state index in [1.54, 1.807) is 46.2 Å². The SMILES string of the molecule is O=C(CSc1nnc(-c2ccc(Cl)cc2)o1)N1CCN(C(=O)c2ccccc2)CC1. The largest absolute Gasteiger partial charge is 0.411 e. The lowest BCUT2D eigenvalue weighted by atomic mass is 10.2. The first-order valence-electron chi connectivity index (χ1n) is 9.44. The van der Waals surface area contributed by atoms with Gasteiger partial charge in [-0.1, -0.05) is 41.6 Å². The lowest BCUT2D eigenvalue weighted by Gasteiger charge is -2.34. The molecule has 0 bridgehead atoms. The summed E-state index contributed by atoms with van der Waals surface area (Å²) in [5.41, 5.74) is 1.44. The standard InChI is InChI=1S/C21H19ClN4O3S/c22-17-8-6-15(7-9-17)19-23-24-21(29-19)30-14-18(27)25-10-12-26(13-11-25)20(28)16-4-2-1-3-5-16/h1-9H,10-14H2. The molecular weight excluding hydrogens is 424 g/mol. The average molecular weight is 443 g/mol. The molecule has 1 saturated heterocycles. The van der Waals surface area contributed by atoms with Gasteiger partial charge >= 0.3 is 0 Å². The predicted octanol–water partition coefficient (Wildman–Crippen LogP) is 3.47. The van der Waals surface area contributed by atoms with Crippen LogP contribution in [0.3, 0.4) is 0 Å². The zero-order chi connectivity index (χ0) is 20.9. The molecule has 1 aromatic heterocycles. The van der Waals surface area contributed by atoms with Crippen LogP contribution in [0.5, 0.6) is 0 Å². The van der Waals surface area contributed by atoms with E-state index in [2.05, 4.69) is 10.2 Å². The quantitative estimate of drug-likeness (QED) is 0.563. The number of benzene rings is 2. The topological polar surface area (TPSA) is 79.5 Å². The van der Waals surface area contributed by atoms with E-state index >= 15 is 0 Å². The zero-order valence-electron chi connectivity index (χ0n) is 16.0. The maximum atomic E-state index is 12.5. The summed E-state index contributed by atoms with van der Waals surface area (Å²) in [6.07, 6.45) is 0. The third-order valence-corrected chi connectivity index (χ3v) is 5.81. The lowest BCUT2D eigenvalue weighted by molar-refractivity contribution is -0.129. The highest BCUT2D eigenvalue weighted by Gasteiger charge is 2.25. The summed E-state index contributed by atoms with van der Waals surface area (Å²) in [5.74, 6) is 0.569. The number of amides is 2. The van der Waals surface area contributed by atoms with Gasteiger partial charge in [0.1, 0.15) is 0 Å². The minimum Gasteiger partial charge on any atom is -0.411 e. The fraction of sp³-hybridized carbons (Fsp3) is 0.238. The van der Waals surface area contributed by atoms with E-state index < -0.39 is 0 Å². The Morgan fingerprint density at radius 3 is 2.30 bits per heavy atom. The van der Waals surface area contributed by atoms with E-state index in [0.29, 0.717) is 47.9 Å². The summed E-state index contributed by atoms with van der Waals surface area (Å²) in [6.45, 7) is 2.06. The first-order valence-corrected chi connectivity index (χ1v) is 10.8. The number of thioether (sulfide) groups is 1. The van der Waals surface area contributed by atoms with Crippen molar-refractivity contribution in [3.63, 3.8) is 0 Å². The number of carbonyl (C=O) groups is 2. The van der Waals surface area contributed by atoms with Crippen molar-refractivity contribution < 1.29 is 14.0 Å². The van der Waals surface area contributed by atoms with Gasteiger partial charge in [-0.3, -0.25) is 9.59 Å². The Morgan fingerprint density at radius 2 is 1.60 bits per heavy atom. The van der Waals surface area contributed by atoms with Crippen LogP contribution in [0.1, 0.15) is 10.4 Å². The minimum atomic E-state index is -0.0157. The van der Waals surface area contributed by atoms with Crippen LogP contribution in [0.15, 0.2) is 64.2 Å². The van der Waals surface area contributed by atoms with Crippen molar-refractivity contribution in [3.8, 4) is 11.5 Å². The van der Waals surface area contributed by atoms with E-state index in [1.807, 2.05) is 18.2 Å². The van der Waals surface area contributed by atoms with Crippen molar-refractivity contribution in [1.82, 2.24) is 20.0 Å². The molecule has 0 radical (unpaired) electrons. The highest BCUT2D eigenvalue weighted by atomic mass is 35.5. The second kappa shape index (κ2) is 9.32. The Balaban J connectivity index is 1.26. The second-order valence-corrected chi connectivity index (χ2v) is 8.07. The van der Waals surface area contributed by atoms with Crippen molar-refractivity contribution in [2.45, 2.75) is 5.22 Å². The number of carbonyl (C=O) groups excluding carboxylic acids is 2. The normalized spacial score (nSPS) is 14.0. The molecule has 154 valence electrons. The number of aromatic nitrogens is 2. The van der Waals surface area contributed by atoms with Gasteiger partial charge in [-0.05, 0) is 36.4 Å².